The zero-order chi connectivity index (χ0) is 25.4. The molecule has 1 amide bonds. The summed E-state index contributed by atoms with van der Waals surface area (Å²) in [6.07, 6.45) is -0.587. The molecular formula is C26H19ClN4O5. The van der Waals surface area contributed by atoms with Crippen molar-refractivity contribution in [3.63, 3.8) is 0 Å². The molecule has 5 aromatic rings. The number of ether oxygens (including phenoxy) is 1. The smallest absolute Gasteiger partial charge is 0.419 e. The Morgan fingerprint density at radius 1 is 1.08 bits per heavy atom. The first-order chi connectivity index (χ1) is 17.3. The first-order valence-electron chi connectivity index (χ1n) is 10.9. The molecule has 0 saturated carbocycles. The van der Waals surface area contributed by atoms with Crippen LogP contribution in [0.15, 0.2) is 82.4 Å². The van der Waals surface area contributed by atoms with Gasteiger partial charge in [0.2, 0.25) is 5.43 Å². The Morgan fingerprint density at radius 3 is 2.64 bits per heavy atom. The van der Waals surface area contributed by atoms with Gasteiger partial charge in [-0.3, -0.25) is 14.5 Å². The fourth-order valence-electron chi connectivity index (χ4n) is 3.89. The van der Waals surface area contributed by atoms with Crippen LogP contribution in [0.5, 0.6) is 11.6 Å². The SMILES string of the molecule is CN(C(=O)Oc1cccc(Cn2nc(O)c3[nH]c4cc(Cl)ccc4c(=O)c3c2=O)c1)c1ccccc1. The van der Waals surface area contributed by atoms with Crippen molar-refractivity contribution in [1.29, 1.82) is 0 Å². The number of nitrogens with one attached hydrogen (secondary N) is 1. The highest BCUT2D eigenvalue weighted by Crippen LogP contribution is 2.22. The average molecular weight is 503 g/mol. The molecule has 5 rings (SSSR count). The first-order valence-corrected chi connectivity index (χ1v) is 11.2. The lowest BCUT2D eigenvalue weighted by Crippen LogP contribution is -2.29. The van der Waals surface area contributed by atoms with Crippen LogP contribution in [-0.4, -0.2) is 33.0 Å². The summed E-state index contributed by atoms with van der Waals surface area (Å²) in [5.74, 6) is -0.241. The highest BCUT2D eigenvalue weighted by molar-refractivity contribution is 6.31. The van der Waals surface area contributed by atoms with Crippen molar-refractivity contribution in [2.24, 2.45) is 0 Å². The minimum atomic E-state index is -0.674. The molecule has 10 heteroatoms. The summed E-state index contributed by atoms with van der Waals surface area (Å²) in [6.45, 7) is -0.0691. The summed E-state index contributed by atoms with van der Waals surface area (Å²) < 4.78 is 6.47. The van der Waals surface area contributed by atoms with Crippen molar-refractivity contribution in [1.82, 2.24) is 14.8 Å². The quantitative estimate of drug-likeness (QED) is 0.354. The Labute approximate surface area is 208 Å². The van der Waals surface area contributed by atoms with Gasteiger partial charge in [0.1, 0.15) is 16.7 Å². The molecule has 0 fully saturated rings. The van der Waals surface area contributed by atoms with Crippen molar-refractivity contribution in [3.05, 3.63) is 104 Å². The number of hydrogen-bond donors (Lipinski definition) is 2. The van der Waals surface area contributed by atoms with E-state index in [0.29, 0.717) is 21.8 Å². The van der Waals surface area contributed by atoms with Gasteiger partial charge in [-0.25, -0.2) is 9.48 Å². The maximum Gasteiger partial charge on any atom is 0.419 e. The lowest BCUT2D eigenvalue weighted by molar-refractivity contribution is 0.209. The Bertz CT molecular complexity index is 1750. The second-order valence-corrected chi connectivity index (χ2v) is 8.53. The molecule has 2 heterocycles. The number of benzene rings is 3. The van der Waals surface area contributed by atoms with Gasteiger partial charge in [0.25, 0.3) is 11.4 Å². The van der Waals surface area contributed by atoms with Gasteiger partial charge in [-0.15, -0.1) is 5.10 Å². The zero-order valence-electron chi connectivity index (χ0n) is 18.9. The number of para-hydroxylation sites is 1. The number of aromatic amines is 1. The minimum Gasteiger partial charge on any atom is -0.491 e. The number of aromatic nitrogens is 3. The fraction of sp³-hybridized carbons (Fsp3) is 0.0769. The van der Waals surface area contributed by atoms with E-state index < -0.39 is 23.0 Å². The van der Waals surface area contributed by atoms with Crippen molar-refractivity contribution in [2.75, 3.05) is 11.9 Å². The Balaban J connectivity index is 1.47. The van der Waals surface area contributed by atoms with Gasteiger partial charge in [0.05, 0.1) is 12.1 Å². The van der Waals surface area contributed by atoms with E-state index in [4.69, 9.17) is 16.3 Å². The van der Waals surface area contributed by atoms with Crippen LogP contribution in [0, 0.1) is 0 Å². The Morgan fingerprint density at radius 2 is 1.86 bits per heavy atom. The normalized spacial score (nSPS) is 11.1. The molecule has 3 aromatic carbocycles. The number of amides is 1. The van der Waals surface area contributed by atoms with Crippen molar-refractivity contribution < 1.29 is 14.6 Å². The van der Waals surface area contributed by atoms with Crippen LogP contribution in [0.2, 0.25) is 5.02 Å². The molecular weight excluding hydrogens is 484 g/mol. The number of nitrogens with zero attached hydrogens (tertiary/aromatic N) is 3. The molecule has 0 bridgehead atoms. The average Bonchev–Trinajstić information content (AvgIpc) is 2.87. The third kappa shape index (κ3) is 4.27. The van der Waals surface area contributed by atoms with Gasteiger partial charge < -0.3 is 14.8 Å². The maximum absolute atomic E-state index is 13.2. The van der Waals surface area contributed by atoms with Crippen LogP contribution >= 0.6 is 11.6 Å². The van der Waals surface area contributed by atoms with E-state index >= 15 is 0 Å². The Kier molecular flexibility index (Phi) is 5.91. The number of rotatable bonds is 4. The Hall–Kier alpha value is -4.63. The van der Waals surface area contributed by atoms with E-state index in [2.05, 4.69) is 10.1 Å². The monoisotopic (exact) mass is 502 g/mol. The summed E-state index contributed by atoms with van der Waals surface area (Å²) in [5, 5.41) is 14.9. The molecule has 9 nitrogen and oxygen atoms in total. The number of carbonyl (C=O) groups excluding carboxylic acids is 1. The van der Waals surface area contributed by atoms with Crippen LogP contribution in [0.1, 0.15) is 5.56 Å². The van der Waals surface area contributed by atoms with Crippen LogP contribution in [0.4, 0.5) is 10.5 Å². The van der Waals surface area contributed by atoms with Crippen LogP contribution in [0.3, 0.4) is 0 Å². The molecule has 36 heavy (non-hydrogen) atoms. The predicted molar refractivity (Wildman–Crippen MR) is 137 cm³/mol. The largest absolute Gasteiger partial charge is 0.491 e. The van der Waals surface area contributed by atoms with Crippen LogP contribution in [-0.2, 0) is 6.54 Å². The minimum absolute atomic E-state index is 0.0670. The lowest BCUT2D eigenvalue weighted by atomic mass is 10.1. The molecule has 0 atom stereocenters. The van der Waals surface area contributed by atoms with Crippen LogP contribution in [0.25, 0.3) is 21.8 Å². The number of hydrogen-bond acceptors (Lipinski definition) is 6. The standard InChI is InChI=1S/C26H19ClN4O5/c1-30(17-7-3-2-4-8-17)26(35)36-18-9-5-6-15(12-18)14-31-25(34)21-22(24(33)29-31)28-20-13-16(27)10-11-19(20)23(21)32/h2-13H,14H2,1H3,(H,28,32)(H,29,33). The van der Waals surface area contributed by atoms with E-state index in [9.17, 15) is 19.5 Å². The number of H-pyrrole nitrogens is 1. The molecule has 0 saturated heterocycles. The van der Waals surface area contributed by atoms with E-state index in [1.54, 1.807) is 49.5 Å². The third-order valence-corrected chi connectivity index (χ3v) is 5.94. The molecule has 2 aromatic heterocycles. The van der Waals surface area contributed by atoms with Gasteiger partial charge >= 0.3 is 6.09 Å². The first kappa shape index (κ1) is 23.1. The topological polar surface area (TPSA) is 118 Å². The number of pyridine rings is 1. The number of anilines is 1. The lowest BCUT2D eigenvalue weighted by Gasteiger charge is -2.17. The molecule has 180 valence electrons. The second-order valence-electron chi connectivity index (χ2n) is 8.09. The molecule has 0 aliphatic carbocycles. The van der Waals surface area contributed by atoms with Gasteiger partial charge in [-0.1, -0.05) is 41.9 Å². The van der Waals surface area contributed by atoms with Gasteiger partial charge in [0.15, 0.2) is 0 Å². The van der Waals surface area contributed by atoms with Gasteiger partial charge in [0, 0.05) is 23.1 Å². The number of aromatic hydroxyl groups is 1. The third-order valence-electron chi connectivity index (χ3n) is 5.70. The van der Waals surface area contributed by atoms with E-state index in [1.807, 2.05) is 18.2 Å². The molecule has 2 N–H and O–H groups in total. The predicted octanol–water partition coefficient (Wildman–Crippen LogP) is 4.28. The number of carbonyl (C=O) groups is 1. The molecule has 0 unspecified atom stereocenters. The molecule has 0 spiro atoms. The van der Waals surface area contributed by atoms with Gasteiger partial charge in [-0.05, 0) is 48.0 Å². The van der Waals surface area contributed by atoms with E-state index in [-0.39, 0.29) is 28.6 Å². The van der Waals surface area contributed by atoms with E-state index in [1.165, 1.54) is 17.0 Å². The summed E-state index contributed by atoms with van der Waals surface area (Å²) >= 11 is 6.00. The van der Waals surface area contributed by atoms with E-state index in [0.717, 1.165) is 4.68 Å². The number of fused-ring (bicyclic) bond motifs is 2. The van der Waals surface area contributed by atoms with Crippen molar-refractivity contribution >= 4 is 45.2 Å². The molecule has 0 radical (unpaired) electrons. The summed E-state index contributed by atoms with van der Waals surface area (Å²) in [6, 6.07) is 20.2. The van der Waals surface area contributed by atoms with Gasteiger partial charge in [-0.2, -0.15) is 0 Å². The summed E-state index contributed by atoms with van der Waals surface area (Å²) in [7, 11) is 1.60. The van der Waals surface area contributed by atoms with Crippen molar-refractivity contribution in [3.8, 4) is 11.6 Å². The van der Waals surface area contributed by atoms with Crippen LogP contribution < -0.4 is 20.6 Å². The maximum atomic E-state index is 13.2. The summed E-state index contributed by atoms with van der Waals surface area (Å²) in [5.41, 5.74) is 0.332. The molecule has 0 aliphatic rings. The highest BCUT2D eigenvalue weighted by Gasteiger charge is 2.17. The zero-order valence-corrected chi connectivity index (χ0v) is 19.7. The second kappa shape index (κ2) is 9.20. The molecule has 0 aliphatic heterocycles. The summed E-state index contributed by atoms with van der Waals surface area (Å²) in [4.78, 5) is 43.0. The number of halogens is 1. The van der Waals surface area contributed by atoms with Crippen molar-refractivity contribution in [2.45, 2.75) is 6.54 Å². The highest BCUT2D eigenvalue weighted by atomic mass is 35.5. The fourth-order valence-corrected chi connectivity index (χ4v) is 4.06.